The average molecular weight is 253 g/mol. The number of ether oxygens (including phenoxy) is 2. The molecule has 1 aromatic rings. The summed E-state index contributed by atoms with van der Waals surface area (Å²) in [4.78, 5) is 8.52. The van der Waals surface area contributed by atoms with Crippen molar-refractivity contribution >= 4 is 5.95 Å². The van der Waals surface area contributed by atoms with Crippen molar-refractivity contribution in [3.63, 3.8) is 0 Å². The molecular weight excluding hydrogens is 230 g/mol. The number of aryl methyl sites for hydroxylation is 1. The van der Waals surface area contributed by atoms with Crippen LogP contribution in [0.4, 0.5) is 5.95 Å². The van der Waals surface area contributed by atoms with Crippen molar-refractivity contribution in [1.29, 1.82) is 0 Å². The van der Waals surface area contributed by atoms with Crippen molar-refractivity contribution < 1.29 is 9.47 Å². The Hall–Kier alpha value is -1.36. The second kappa shape index (κ2) is 8.69. The van der Waals surface area contributed by atoms with Crippen LogP contribution in [0.5, 0.6) is 5.88 Å². The van der Waals surface area contributed by atoms with Crippen molar-refractivity contribution in [2.45, 2.75) is 33.6 Å². The number of unbranched alkanes of at least 4 members (excludes halogenated alkanes) is 1. The van der Waals surface area contributed by atoms with Crippen LogP contribution in [-0.4, -0.2) is 36.3 Å². The van der Waals surface area contributed by atoms with E-state index in [-0.39, 0.29) is 0 Å². The van der Waals surface area contributed by atoms with E-state index >= 15 is 0 Å². The van der Waals surface area contributed by atoms with E-state index in [2.05, 4.69) is 22.2 Å². The first-order chi connectivity index (χ1) is 8.76. The molecule has 0 saturated carbocycles. The molecule has 0 aliphatic rings. The molecule has 102 valence electrons. The minimum absolute atomic E-state index is 0.520. The van der Waals surface area contributed by atoms with Crippen LogP contribution in [0.1, 0.15) is 32.4 Å². The van der Waals surface area contributed by atoms with Gasteiger partial charge in [0, 0.05) is 24.9 Å². The zero-order valence-corrected chi connectivity index (χ0v) is 11.5. The number of anilines is 1. The number of rotatable bonds is 9. The van der Waals surface area contributed by atoms with Gasteiger partial charge in [-0.2, -0.15) is 4.98 Å². The zero-order chi connectivity index (χ0) is 13.2. The number of hydrogen-bond acceptors (Lipinski definition) is 5. The van der Waals surface area contributed by atoms with Gasteiger partial charge in [0.2, 0.25) is 11.8 Å². The van der Waals surface area contributed by atoms with Crippen LogP contribution < -0.4 is 10.1 Å². The lowest BCUT2D eigenvalue weighted by molar-refractivity contribution is 0.0965. The monoisotopic (exact) mass is 253 g/mol. The highest BCUT2D eigenvalue weighted by Crippen LogP contribution is 2.11. The van der Waals surface area contributed by atoms with Crippen LogP contribution in [0.25, 0.3) is 0 Å². The Bertz CT molecular complexity index is 345. The first kappa shape index (κ1) is 14.7. The molecule has 1 N–H and O–H groups in total. The maximum atomic E-state index is 5.54. The highest BCUT2D eigenvalue weighted by atomic mass is 16.5. The second-order valence-corrected chi connectivity index (χ2v) is 4.02. The molecule has 0 spiro atoms. The number of hydrogen-bond donors (Lipinski definition) is 1. The molecule has 18 heavy (non-hydrogen) atoms. The lowest BCUT2D eigenvalue weighted by Crippen LogP contribution is -2.10. The standard InChI is InChI=1S/C13H23N3O2/c1-4-6-7-17-8-9-18-12-10-11(3)15-13(16-12)14-5-2/h10H,4-9H2,1-3H3,(H,14,15,16). The SMILES string of the molecule is CCCCOCCOc1cc(C)nc(NCC)n1. The van der Waals surface area contributed by atoms with Crippen LogP contribution in [0.2, 0.25) is 0 Å². The van der Waals surface area contributed by atoms with Crippen molar-refractivity contribution in [3.05, 3.63) is 11.8 Å². The van der Waals surface area contributed by atoms with Gasteiger partial charge in [-0.3, -0.25) is 0 Å². The Morgan fingerprint density at radius 1 is 1.17 bits per heavy atom. The fraction of sp³-hybridized carbons (Fsp3) is 0.692. The first-order valence-corrected chi connectivity index (χ1v) is 6.56. The fourth-order valence-corrected chi connectivity index (χ4v) is 1.40. The molecule has 0 aliphatic heterocycles. The smallest absolute Gasteiger partial charge is 0.226 e. The van der Waals surface area contributed by atoms with Crippen molar-refractivity contribution in [2.24, 2.45) is 0 Å². The largest absolute Gasteiger partial charge is 0.475 e. The summed E-state index contributed by atoms with van der Waals surface area (Å²) in [5.74, 6) is 1.21. The van der Waals surface area contributed by atoms with Gasteiger partial charge < -0.3 is 14.8 Å². The van der Waals surface area contributed by atoms with Crippen LogP contribution >= 0.6 is 0 Å². The van der Waals surface area contributed by atoms with Crippen LogP contribution in [-0.2, 0) is 4.74 Å². The number of nitrogens with zero attached hydrogens (tertiary/aromatic N) is 2. The van der Waals surface area contributed by atoms with E-state index in [9.17, 15) is 0 Å². The molecule has 0 bridgehead atoms. The summed E-state index contributed by atoms with van der Waals surface area (Å²) in [5.41, 5.74) is 0.892. The molecule has 0 unspecified atom stereocenters. The molecule has 5 heteroatoms. The van der Waals surface area contributed by atoms with Gasteiger partial charge in [0.1, 0.15) is 6.61 Å². The summed E-state index contributed by atoms with van der Waals surface area (Å²) in [7, 11) is 0. The Labute approximate surface area is 109 Å². The lowest BCUT2D eigenvalue weighted by atomic mass is 10.4. The van der Waals surface area contributed by atoms with E-state index in [0.717, 1.165) is 31.7 Å². The molecular formula is C13H23N3O2. The summed E-state index contributed by atoms with van der Waals surface area (Å²) in [6.07, 6.45) is 2.25. The van der Waals surface area contributed by atoms with E-state index in [1.165, 1.54) is 0 Å². The summed E-state index contributed by atoms with van der Waals surface area (Å²) in [6, 6.07) is 1.83. The second-order valence-electron chi connectivity index (χ2n) is 4.02. The van der Waals surface area contributed by atoms with E-state index in [1.54, 1.807) is 0 Å². The predicted molar refractivity (Wildman–Crippen MR) is 72.2 cm³/mol. The van der Waals surface area contributed by atoms with Crippen LogP contribution in [0, 0.1) is 6.92 Å². The van der Waals surface area contributed by atoms with Crippen molar-refractivity contribution in [2.75, 3.05) is 31.7 Å². The summed E-state index contributed by atoms with van der Waals surface area (Å²) in [6.45, 7) is 8.78. The molecule has 0 saturated heterocycles. The Balaban J connectivity index is 2.32. The molecule has 1 aromatic heterocycles. The predicted octanol–water partition coefficient (Wildman–Crippen LogP) is 2.41. The van der Waals surface area contributed by atoms with Gasteiger partial charge >= 0.3 is 0 Å². The molecule has 0 aliphatic carbocycles. The minimum atomic E-state index is 0.520. The maximum absolute atomic E-state index is 5.54. The van der Waals surface area contributed by atoms with E-state index < -0.39 is 0 Å². The fourth-order valence-electron chi connectivity index (χ4n) is 1.40. The lowest BCUT2D eigenvalue weighted by Gasteiger charge is -2.08. The highest BCUT2D eigenvalue weighted by Gasteiger charge is 2.02. The summed E-state index contributed by atoms with van der Waals surface area (Å²) < 4.78 is 11.0. The van der Waals surface area contributed by atoms with Crippen LogP contribution in [0.15, 0.2) is 6.07 Å². The summed E-state index contributed by atoms with van der Waals surface area (Å²) in [5, 5.41) is 3.07. The molecule has 0 atom stereocenters. The number of nitrogens with one attached hydrogen (secondary N) is 1. The van der Waals surface area contributed by atoms with Crippen molar-refractivity contribution in [1.82, 2.24) is 9.97 Å². The average Bonchev–Trinajstić information content (AvgIpc) is 2.33. The minimum Gasteiger partial charge on any atom is -0.475 e. The Morgan fingerprint density at radius 3 is 2.72 bits per heavy atom. The number of aromatic nitrogens is 2. The van der Waals surface area contributed by atoms with Gasteiger partial charge in [0.15, 0.2) is 0 Å². The molecule has 1 heterocycles. The van der Waals surface area contributed by atoms with E-state index in [4.69, 9.17) is 9.47 Å². The van der Waals surface area contributed by atoms with Gasteiger partial charge in [-0.25, -0.2) is 4.98 Å². The van der Waals surface area contributed by atoms with Gasteiger partial charge in [-0.1, -0.05) is 13.3 Å². The third-order valence-electron chi connectivity index (χ3n) is 2.29. The topological polar surface area (TPSA) is 56.3 Å². The molecule has 0 radical (unpaired) electrons. The van der Waals surface area contributed by atoms with Crippen molar-refractivity contribution in [3.8, 4) is 5.88 Å². The normalized spacial score (nSPS) is 10.4. The molecule has 0 amide bonds. The first-order valence-electron chi connectivity index (χ1n) is 6.56. The van der Waals surface area contributed by atoms with Gasteiger partial charge in [0.25, 0.3) is 0 Å². The molecule has 5 nitrogen and oxygen atoms in total. The molecule has 0 fully saturated rings. The molecule has 0 aromatic carbocycles. The van der Waals surface area contributed by atoms with Gasteiger partial charge in [-0.15, -0.1) is 0 Å². The zero-order valence-electron chi connectivity index (χ0n) is 11.5. The van der Waals surface area contributed by atoms with Gasteiger partial charge in [0.05, 0.1) is 6.61 Å². The third kappa shape index (κ3) is 5.82. The van der Waals surface area contributed by atoms with E-state index in [0.29, 0.717) is 25.0 Å². The van der Waals surface area contributed by atoms with E-state index in [1.807, 2.05) is 19.9 Å². The van der Waals surface area contributed by atoms with Crippen LogP contribution in [0.3, 0.4) is 0 Å². The highest BCUT2D eigenvalue weighted by molar-refractivity contribution is 5.30. The Morgan fingerprint density at radius 2 is 2.00 bits per heavy atom. The maximum Gasteiger partial charge on any atom is 0.226 e. The molecule has 1 rings (SSSR count). The summed E-state index contributed by atoms with van der Waals surface area (Å²) >= 11 is 0. The Kier molecular flexibility index (Phi) is 7.10. The third-order valence-corrected chi connectivity index (χ3v) is 2.29. The quantitative estimate of drug-likeness (QED) is 0.685. The van der Waals surface area contributed by atoms with Gasteiger partial charge in [-0.05, 0) is 20.3 Å².